The largest absolute Gasteiger partial charge is 0.115 e. The molecule has 2 aromatic rings. The Morgan fingerprint density at radius 3 is 2.50 bits per heavy atom. The zero-order chi connectivity index (χ0) is 10.1. The molecule has 0 unspecified atom stereocenters. The summed E-state index contributed by atoms with van der Waals surface area (Å²) in [5.74, 6) is 2.72. The Morgan fingerprint density at radius 2 is 1.79 bits per heavy atom. The van der Waals surface area contributed by atoms with E-state index < -0.39 is 0 Å². The van der Waals surface area contributed by atoms with Crippen molar-refractivity contribution >= 4 is 10.8 Å². The molecule has 0 bridgehead atoms. The van der Waals surface area contributed by atoms with Gasteiger partial charge in [0.25, 0.3) is 0 Å². The quantitative estimate of drug-likeness (QED) is 0.545. The maximum absolute atomic E-state index is 5.47. The Hall–Kier alpha value is -1.74. The number of hydrogen-bond donors (Lipinski definition) is 0. The van der Waals surface area contributed by atoms with Crippen LogP contribution in [0.4, 0.5) is 0 Å². The molecule has 2 rings (SSSR count). The highest BCUT2D eigenvalue weighted by atomic mass is 14.0. The van der Waals surface area contributed by atoms with Crippen LogP contribution in [0.1, 0.15) is 16.7 Å². The predicted molar refractivity (Wildman–Crippen MR) is 61.4 cm³/mol. The lowest BCUT2D eigenvalue weighted by atomic mass is 9.99. The number of benzene rings is 2. The first-order valence-corrected chi connectivity index (χ1v) is 4.69. The molecule has 0 heteroatoms. The minimum absolute atomic E-state index is 0.981. The Kier molecular flexibility index (Phi) is 2.02. The molecule has 0 radical (unpaired) electrons. The number of hydrogen-bond acceptors (Lipinski definition) is 0. The summed E-state index contributed by atoms with van der Waals surface area (Å²) in [6.45, 7) is 4.19. The summed E-state index contributed by atoms with van der Waals surface area (Å²) in [6, 6.07) is 10.5. The van der Waals surface area contributed by atoms with E-state index in [9.17, 15) is 0 Å². The minimum atomic E-state index is 0.981. The van der Waals surface area contributed by atoms with Gasteiger partial charge in [0.1, 0.15) is 0 Å². The standard InChI is InChI=1S/C14H12/c1-4-12-7-6-11(3)13-8-5-10(2)9-14(12)13/h1,5-9H,2-3H3. The number of aryl methyl sites for hydroxylation is 2. The van der Waals surface area contributed by atoms with Gasteiger partial charge in [-0.3, -0.25) is 0 Å². The average Bonchev–Trinajstić information content (AvgIpc) is 2.18. The zero-order valence-electron chi connectivity index (χ0n) is 8.46. The maximum atomic E-state index is 5.47. The van der Waals surface area contributed by atoms with E-state index in [2.05, 4.69) is 44.0 Å². The van der Waals surface area contributed by atoms with Crippen molar-refractivity contribution in [3.63, 3.8) is 0 Å². The van der Waals surface area contributed by atoms with Gasteiger partial charge in [0.2, 0.25) is 0 Å². The third-order valence-electron chi connectivity index (χ3n) is 2.55. The molecule has 0 aliphatic rings. The van der Waals surface area contributed by atoms with Crippen molar-refractivity contribution in [2.24, 2.45) is 0 Å². The van der Waals surface area contributed by atoms with Crippen molar-refractivity contribution in [2.75, 3.05) is 0 Å². The summed E-state index contributed by atoms with van der Waals surface area (Å²) in [7, 11) is 0. The Morgan fingerprint density at radius 1 is 1.00 bits per heavy atom. The van der Waals surface area contributed by atoms with Crippen LogP contribution in [0.25, 0.3) is 10.8 Å². The van der Waals surface area contributed by atoms with E-state index in [1.54, 1.807) is 0 Å². The van der Waals surface area contributed by atoms with E-state index in [0.717, 1.165) is 5.56 Å². The van der Waals surface area contributed by atoms with Gasteiger partial charge in [0.05, 0.1) is 0 Å². The second-order valence-electron chi connectivity index (χ2n) is 3.62. The van der Waals surface area contributed by atoms with Crippen molar-refractivity contribution < 1.29 is 0 Å². The second kappa shape index (κ2) is 3.20. The van der Waals surface area contributed by atoms with Crippen LogP contribution in [-0.2, 0) is 0 Å². The number of fused-ring (bicyclic) bond motifs is 1. The third-order valence-corrected chi connectivity index (χ3v) is 2.55. The first-order chi connectivity index (χ1) is 6.72. The molecule has 0 nitrogen and oxygen atoms in total. The van der Waals surface area contributed by atoms with Crippen molar-refractivity contribution in [1.82, 2.24) is 0 Å². The fourth-order valence-electron chi connectivity index (χ4n) is 1.74. The molecule has 0 heterocycles. The van der Waals surface area contributed by atoms with Gasteiger partial charge in [-0.2, -0.15) is 0 Å². The van der Waals surface area contributed by atoms with Crippen LogP contribution < -0.4 is 0 Å². The lowest BCUT2D eigenvalue weighted by Gasteiger charge is -2.05. The predicted octanol–water partition coefficient (Wildman–Crippen LogP) is 3.44. The second-order valence-corrected chi connectivity index (χ2v) is 3.62. The van der Waals surface area contributed by atoms with Gasteiger partial charge in [-0.15, -0.1) is 6.42 Å². The Labute approximate surface area is 84.6 Å². The van der Waals surface area contributed by atoms with Crippen LogP contribution >= 0.6 is 0 Å². The van der Waals surface area contributed by atoms with E-state index in [4.69, 9.17) is 6.42 Å². The van der Waals surface area contributed by atoms with Gasteiger partial charge in [-0.05, 0) is 36.2 Å². The SMILES string of the molecule is C#Cc1ccc(C)c2ccc(C)cc12. The number of rotatable bonds is 0. The van der Waals surface area contributed by atoms with Crippen molar-refractivity contribution in [3.05, 3.63) is 47.0 Å². The molecule has 0 amide bonds. The molecule has 2 aromatic carbocycles. The summed E-state index contributed by atoms with van der Waals surface area (Å²) < 4.78 is 0. The monoisotopic (exact) mass is 180 g/mol. The molecule has 14 heavy (non-hydrogen) atoms. The van der Waals surface area contributed by atoms with E-state index in [-0.39, 0.29) is 0 Å². The van der Waals surface area contributed by atoms with E-state index in [1.807, 2.05) is 6.07 Å². The highest BCUT2D eigenvalue weighted by molar-refractivity contribution is 5.91. The molecular formula is C14H12. The summed E-state index contributed by atoms with van der Waals surface area (Å²) >= 11 is 0. The molecule has 0 saturated heterocycles. The van der Waals surface area contributed by atoms with E-state index in [1.165, 1.54) is 21.9 Å². The summed E-state index contributed by atoms with van der Waals surface area (Å²) in [6.07, 6.45) is 5.47. The van der Waals surface area contributed by atoms with Crippen LogP contribution in [0.3, 0.4) is 0 Å². The van der Waals surface area contributed by atoms with Gasteiger partial charge >= 0.3 is 0 Å². The molecule has 0 atom stereocenters. The number of terminal acetylenes is 1. The van der Waals surface area contributed by atoms with Crippen LogP contribution in [0.15, 0.2) is 30.3 Å². The molecule has 0 N–H and O–H groups in total. The zero-order valence-corrected chi connectivity index (χ0v) is 8.46. The first-order valence-electron chi connectivity index (χ1n) is 4.69. The smallest absolute Gasteiger partial charge is 0.0321 e. The molecule has 0 spiro atoms. The van der Waals surface area contributed by atoms with Crippen LogP contribution in [-0.4, -0.2) is 0 Å². The lowest BCUT2D eigenvalue weighted by molar-refractivity contribution is 1.47. The van der Waals surface area contributed by atoms with E-state index in [0.29, 0.717) is 0 Å². The van der Waals surface area contributed by atoms with Crippen LogP contribution in [0.5, 0.6) is 0 Å². The fraction of sp³-hybridized carbons (Fsp3) is 0.143. The highest BCUT2D eigenvalue weighted by Gasteiger charge is 2.01. The van der Waals surface area contributed by atoms with Gasteiger partial charge in [0, 0.05) is 5.56 Å². The Bertz CT molecular complexity index is 527. The van der Waals surface area contributed by atoms with Gasteiger partial charge in [-0.1, -0.05) is 35.7 Å². The summed E-state index contributed by atoms with van der Waals surface area (Å²) in [5, 5.41) is 2.44. The van der Waals surface area contributed by atoms with Gasteiger partial charge in [0.15, 0.2) is 0 Å². The first kappa shape index (κ1) is 8.84. The molecule has 0 aromatic heterocycles. The molecule has 68 valence electrons. The molecular weight excluding hydrogens is 168 g/mol. The van der Waals surface area contributed by atoms with Crippen molar-refractivity contribution in [3.8, 4) is 12.3 Å². The van der Waals surface area contributed by atoms with Gasteiger partial charge in [-0.25, -0.2) is 0 Å². The van der Waals surface area contributed by atoms with Crippen molar-refractivity contribution in [1.29, 1.82) is 0 Å². The fourth-order valence-corrected chi connectivity index (χ4v) is 1.74. The summed E-state index contributed by atoms with van der Waals surface area (Å²) in [5.41, 5.74) is 3.51. The highest BCUT2D eigenvalue weighted by Crippen LogP contribution is 2.22. The van der Waals surface area contributed by atoms with Crippen LogP contribution in [0, 0.1) is 26.2 Å². The topological polar surface area (TPSA) is 0 Å². The average molecular weight is 180 g/mol. The van der Waals surface area contributed by atoms with Crippen LogP contribution in [0.2, 0.25) is 0 Å². The maximum Gasteiger partial charge on any atom is 0.0321 e. The normalized spacial score (nSPS) is 10.1. The Balaban J connectivity index is 2.94. The van der Waals surface area contributed by atoms with Gasteiger partial charge < -0.3 is 0 Å². The van der Waals surface area contributed by atoms with E-state index >= 15 is 0 Å². The molecule has 0 fully saturated rings. The summed E-state index contributed by atoms with van der Waals surface area (Å²) in [4.78, 5) is 0. The van der Waals surface area contributed by atoms with Crippen molar-refractivity contribution in [2.45, 2.75) is 13.8 Å². The molecule has 0 saturated carbocycles. The minimum Gasteiger partial charge on any atom is -0.115 e. The third kappa shape index (κ3) is 1.28. The molecule has 0 aliphatic heterocycles. The molecule has 0 aliphatic carbocycles. The lowest BCUT2D eigenvalue weighted by Crippen LogP contribution is -1.84.